The Kier molecular flexibility index (Phi) is 5.04. The predicted octanol–water partition coefficient (Wildman–Crippen LogP) is 2.71. The Morgan fingerprint density at radius 2 is 1.86 bits per heavy atom. The van der Waals surface area contributed by atoms with Crippen molar-refractivity contribution in [3.8, 4) is 0 Å². The van der Waals surface area contributed by atoms with E-state index in [4.69, 9.17) is 0 Å². The molecule has 0 saturated carbocycles. The molecule has 1 aromatic rings. The first-order chi connectivity index (χ1) is 9.88. The molecule has 114 valence electrons. The number of rotatable bonds is 4. The zero-order chi connectivity index (χ0) is 15.6. The zero-order valence-electron chi connectivity index (χ0n) is 12.6. The second kappa shape index (κ2) is 6.60. The number of halogens is 1. The SMILES string of the molecule is CC(C)CC1C(=O)NC(C)C(=O)N1Cc1ccc(Br)cc1. The number of benzene rings is 1. The van der Waals surface area contributed by atoms with Crippen LogP contribution in [0.3, 0.4) is 0 Å². The maximum absolute atomic E-state index is 12.4. The van der Waals surface area contributed by atoms with Crippen molar-refractivity contribution in [2.45, 2.75) is 45.8 Å². The summed E-state index contributed by atoms with van der Waals surface area (Å²) in [5.41, 5.74) is 1.03. The standard InChI is InChI=1S/C16H21BrN2O2/c1-10(2)8-14-15(20)18-11(3)16(21)19(14)9-12-4-6-13(17)7-5-12/h4-7,10-11,14H,8-9H2,1-3H3,(H,18,20). The molecular formula is C16H21BrN2O2. The number of amides is 2. The molecule has 1 saturated heterocycles. The summed E-state index contributed by atoms with van der Waals surface area (Å²) in [6.45, 7) is 6.34. The summed E-state index contributed by atoms with van der Waals surface area (Å²) in [6, 6.07) is 7.02. The number of carbonyl (C=O) groups is 2. The van der Waals surface area contributed by atoms with E-state index in [1.165, 1.54) is 0 Å². The monoisotopic (exact) mass is 352 g/mol. The van der Waals surface area contributed by atoms with E-state index in [2.05, 4.69) is 35.1 Å². The van der Waals surface area contributed by atoms with Crippen molar-refractivity contribution in [2.75, 3.05) is 0 Å². The fraction of sp³-hybridized carbons (Fsp3) is 0.500. The van der Waals surface area contributed by atoms with Crippen molar-refractivity contribution in [3.05, 3.63) is 34.3 Å². The Morgan fingerprint density at radius 3 is 2.43 bits per heavy atom. The fourth-order valence-corrected chi connectivity index (χ4v) is 2.83. The largest absolute Gasteiger partial charge is 0.343 e. The minimum atomic E-state index is -0.448. The third kappa shape index (κ3) is 3.84. The lowest BCUT2D eigenvalue weighted by molar-refractivity contribution is -0.150. The Morgan fingerprint density at radius 1 is 1.24 bits per heavy atom. The van der Waals surface area contributed by atoms with E-state index >= 15 is 0 Å². The summed E-state index contributed by atoms with van der Waals surface area (Å²) in [5, 5.41) is 2.77. The molecule has 2 atom stereocenters. The Labute approximate surface area is 134 Å². The summed E-state index contributed by atoms with van der Waals surface area (Å²) in [5.74, 6) is 0.297. The minimum Gasteiger partial charge on any atom is -0.343 e. The number of piperazine rings is 1. The average molecular weight is 353 g/mol. The van der Waals surface area contributed by atoms with Crippen molar-refractivity contribution < 1.29 is 9.59 Å². The molecule has 0 aliphatic carbocycles. The van der Waals surface area contributed by atoms with Gasteiger partial charge in [0.1, 0.15) is 12.1 Å². The second-order valence-electron chi connectivity index (χ2n) is 5.97. The van der Waals surface area contributed by atoms with Crippen molar-refractivity contribution in [1.82, 2.24) is 10.2 Å². The maximum atomic E-state index is 12.4. The highest BCUT2D eigenvalue weighted by Crippen LogP contribution is 2.21. The van der Waals surface area contributed by atoms with Crippen LogP contribution in [0.2, 0.25) is 0 Å². The van der Waals surface area contributed by atoms with Gasteiger partial charge in [0.05, 0.1) is 0 Å². The molecule has 1 fully saturated rings. The Balaban J connectivity index is 2.22. The zero-order valence-corrected chi connectivity index (χ0v) is 14.2. The van der Waals surface area contributed by atoms with Crippen LogP contribution >= 0.6 is 15.9 Å². The predicted molar refractivity (Wildman–Crippen MR) is 85.5 cm³/mol. The molecule has 2 unspecified atom stereocenters. The van der Waals surface area contributed by atoms with Crippen molar-refractivity contribution in [2.24, 2.45) is 5.92 Å². The van der Waals surface area contributed by atoms with E-state index in [9.17, 15) is 9.59 Å². The van der Waals surface area contributed by atoms with Gasteiger partial charge in [-0.3, -0.25) is 9.59 Å². The highest BCUT2D eigenvalue weighted by molar-refractivity contribution is 9.10. The highest BCUT2D eigenvalue weighted by atomic mass is 79.9. The fourth-order valence-electron chi connectivity index (χ4n) is 2.57. The molecule has 2 amide bonds. The topological polar surface area (TPSA) is 49.4 Å². The normalized spacial score (nSPS) is 22.6. The van der Waals surface area contributed by atoms with Crippen LogP contribution in [-0.2, 0) is 16.1 Å². The molecular weight excluding hydrogens is 332 g/mol. The molecule has 1 N–H and O–H groups in total. The van der Waals surface area contributed by atoms with E-state index in [-0.39, 0.29) is 17.9 Å². The number of hydrogen-bond acceptors (Lipinski definition) is 2. The third-order valence-electron chi connectivity index (χ3n) is 3.65. The first-order valence-corrected chi connectivity index (χ1v) is 8.03. The van der Waals surface area contributed by atoms with E-state index in [1.54, 1.807) is 11.8 Å². The van der Waals surface area contributed by atoms with Crippen LogP contribution in [0.1, 0.15) is 32.8 Å². The van der Waals surface area contributed by atoms with Gasteiger partial charge in [-0.2, -0.15) is 0 Å². The smallest absolute Gasteiger partial charge is 0.245 e. The summed E-state index contributed by atoms with van der Waals surface area (Å²) in [7, 11) is 0. The minimum absolute atomic E-state index is 0.0110. The van der Waals surface area contributed by atoms with Crippen LogP contribution in [0.25, 0.3) is 0 Å². The first kappa shape index (κ1) is 16.0. The number of nitrogens with one attached hydrogen (secondary N) is 1. The quantitative estimate of drug-likeness (QED) is 0.905. The molecule has 1 aromatic carbocycles. The van der Waals surface area contributed by atoms with Gasteiger partial charge in [-0.25, -0.2) is 0 Å². The molecule has 0 spiro atoms. The van der Waals surface area contributed by atoms with E-state index in [0.29, 0.717) is 18.9 Å². The Bertz CT molecular complexity index is 528. The summed E-state index contributed by atoms with van der Waals surface area (Å²) in [4.78, 5) is 26.4. The third-order valence-corrected chi connectivity index (χ3v) is 4.18. The lowest BCUT2D eigenvalue weighted by atomic mass is 9.97. The molecule has 4 nitrogen and oxygen atoms in total. The lowest BCUT2D eigenvalue weighted by Crippen LogP contribution is -2.62. The molecule has 1 heterocycles. The summed E-state index contributed by atoms with van der Waals surface area (Å²) in [6.07, 6.45) is 0.681. The van der Waals surface area contributed by atoms with Gasteiger partial charge in [0.15, 0.2) is 0 Å². The molecule has 1 aliphatic rings. The lowest BCUT2D eigenvalue weighted by Gasteiger charge is -2.38. The molecule has 0 radical (unpaired) electrons. The van der Waals surface area contributed by atoms with E-state index in [1.807, 2.05) is 24.3 Å². The van der Waals surface area contributed by atoms with Gasteiger partial charge in [-0.15, -0.1) is 0 Å². The number of nitrogens with zero attached hydrogens (tertiary/aromatic N) is 1. The molecule has 21 heavy (non-hydrogen) atoms. The van der Waals surface area contributed by atoms with Gasteiger partial charge in [-0.1, -0.05) is 41.9 Å². The van der Waals surface area contributed by atoms with Gasteiger partial charge in [0.25, 0.3) is 0 Å². The van der Waals surface area contributed by atoms with Gasteiger partial charge < -0.3 is 10.2 Å². The van der Waals surface area contributed by atoms with Crippen LogP contribution in [0.4, 0.5) is 0 Å². The van der Waals surface area contributed by atoms with Gasteiger partial charge in [0, 0.05) is 11.0 Å². The van der Waals surface area contributed by atoms with Gasteiger partial charge in [0.2, 0.25) is 11.8 Å². The number of hydrogen-bond donors (Lipinski definition) is 1. The van der Waals surface area contributed by atoms with E-state index in [0.717, 1.165) is 10.0 Å². The van der Waals surface area contributed by atoms with Crippen LogP contribution in [0.5, 0.6) is 0 Å². The Hall–Kier alpha value is -1.36. The summed E-state index contributed by atoms with van der Waals surface area (Å²) < 4.78 is 1.00. The highest BCUT2D eigenvalue weighted by Gasteiger charge is 2.38. The van der Waals surface area contributed by atoms with E-state index < -0.39 is 6.04 Å². The van der Waals surface area contributed by atoms with Crippen LogP contribution in [0, 0.1) is 5.92 Å². The van der Waals surface area contributed by atoms with Gasteiger partial charge in [-0.05, 0) is 37.0 Å². The first-order valence-electron chi connectivity index (χ1n) is 7.23. The summed E-state index contributed by atoms with van der Waals surface area (Å²) >= 11 is 3.40. The van der Waals surface area contributed by atoms with Crippen molar-refractivity contribution in [1.29, 1.82) is 0 Å². The maximum Gasteiger partial charge on any atom is 0.245 e. The van der Waals surface area contributed by atoms with Gasteiger partial charge >= 0.3 is 0 Å². The molecule has 0 aromatic heterocycles. The molecule has 0 bridgehead atoms. The molecule has 2 rings (SSSR count). The number of carbonyl (C=O) groups excluding carboxylic acids is 2. The van der Waals surface area contributed by atoms with Crippen LogP contribution in [0.15, 0.2) is 28.7 Å². The van der Waals surface area contributed by atoms with Crippen molar-refractivity contribution in [3.63, 3.8) is 0 Å². The van der Waals surface area contributed by atoms with Crippen LogP contribution in [-0.4, -0.2) is 28.8 Å². The molecule has 5 heteroatoms. The van der Waals surface area contributed by atoms with Crippen LogP contribution < -0.4 is 5.32 Å². The second-order valence-corrected chi connectivity index (χ2v) is 6.88. The molecule has 1 aliphatic heterocycles. The van der Waals surface area contributed by atoms with Crippen molar-refractivity contribution >= 4 is 27.7 Å². The average Bonchev–Trinajstić information content (AvgIpc) is 2.42.